The van der Waals surface area contributed by atoms with Crippen molar-refractivity contribution in [3.05, 3.63) is 23.9 Å². The summed E-state index contributed by atoms with van der Waals surface area (Å²) in [6, 6.07) is 3.97. The normalized spacial score (nSPS) is 10.9. The third-order valence-electron chi connectivity index (χ3n) is 3.20. The van der Waals surface area contributed by atoms with Crippen LogP contribution in [0.3, 0.4) is 0 Å². The van der Waals surface area contributed by atoms with E-state index in [0.717, 1.165) is 29.9 Å². The molecule has 0 spiro atoms. The second-order valence-corrected chi connectivity index (χ2v) is 4.38. The van der Waals surface area contributed by atoms with Gasteiger partial charge in [0.25, 0.3) is 0 Å². The average molecular weight is 248 g/mol. The Bertz CT molecular complexity index is 546. The zero-order chi connectivity index (χ0) is 13.1. The molecule has 1 aromatic heterocycles. The van der Waals surface area contributed by atoms with Crippen LogP contribution in [-0.2, 0) is 13.5 Å². The lowest BCUT2D eigenvalue weighted by Gasteiger charge is -2.08. The molecular weight excluding hydrogens is 228 g/mol. The van der Waals surface area contributed by atoms with Crippen molar-refractivity contribution in [3.63, 3.8) is 0 Å². The standard InChI is InChI=1S/C14H20N2O2/c1-16-9-10(5-4-6-15)12-7-11(17-2)8-13(18-3)14(12)16/h7-9H,4-6,15H2,1-3H3. The van der Waals surface area contributed by atoms with Crippen LogP contribution in [0.1, 0.15) is 12.0 Å². The third-order valence-corrected chi connectivity index (χ3v) is 3.20. The Morgan fingerprint density at radius 1 is 1.22 bits per heavy atom. The van der Waals surface area contributed by atoms with Crippen molar-refractivity contribution < 1.29 is 9.47 Å². The molecule has 1 aromatic carbocycles. The number of nitrogens with two attached hydrogens (primary N) is 1. The number of ether oxygens (including phenoxy) is 2. The second kappa shape index (κ2) is 5.31. The van der Waals surface area contributed by atoms with Crippen LogP contribution in [0.15, 0.2) is 18.3 Å². The van der Waals surface area contributed by atoms with Gasteiger partial charge in [-0.05, 0) is 31.0 Å². The smallest absolute Gasteiger partial charge is 0.146 e. The van der Waals surface area contributed by atoms with Crippen molar-refractivity contribution in [1.29, 1.82) is 0 Å². The molecule has 2 rings (SSSR count). The number of nitrogens with zero attached hydrogens (tertiary/aromatic N) is 1. The molecule has 4 nitrogen and oxygen atoms in total. The van der Waals surface area contributed by atoms with E-state index in [4.69, 9.17) is 15.2 Å². The van der Waals surface area contributed by atoms with Crippen molar-refractivity contribution in [2.75, 3.05) is 20.8 Å². The zero-order valence-electron chi connectivity index (χ0n) is 11.2. The Kier molecular flexibility index (Phi) is 3.77. The lowest BCUT2D eigenvalue weighted by atomic mass is 10.1. The van der Waals surface area contributed by atoms with Gasteiger partial charge in [0, 0.05) is 24.7 Å². The maximum absolute atomic E-state index is 5.58. The quantitative estimate of drug-likeness (QED) is 0.881. The first kappa shape index (κ1) is 12.8. The van der Waals surface area contributed by atoms with Crippen molar-refractivity contribution >= 4 is 10.9 Å². The van der Waals surface area contributed by atoms with Crippen molar-refractivity contribution in [3.8, 4) is 11.5 Å². The first-order valence-electron chi connectivity index (χ1n) is 6.11. The molecule has 1 heterocycles. The fraction of sp³-hybridized carbons (Fsp3) is 0.429. The van der Waals surface area contributed by atoms with Gasteiger partial charge in [-0.3, -0.25) is 0 Å². The highest BCUT2D eigenvalue weighted by Gasteiger charge is 2.13. The van der Waals surface area contributed by atoms with E-state index in [2.05, 4.69) is 16.8 Å². The van der Waals surface area contributed by atoms with Gasteiger partial charge in [-0.2, -0.15) is 0 Å². The minimum Gasteiger partial charge on any atom is -0.497 e. The topological polar surface area (TPSA) is 49.4 Å². The molecule has 0 saturated heterocycles. The van der Waals surface area contributed by atoms with Gasteiger partial charge in [0.2, 0.25) is 0 Å². The zero-order valence-corrected chi connectivity index (χ0v) is 11.2. The summed E-state index contributed by atoms with van der Waals surface area (Å²) in [5.74, 6) is 1.66. The molecule has 98 valence electrons. The third kappa shape index (κ3) is 2.16. The highest BCUT2D eigenvalue weighted by atomic mass is 16.5. The number of methoxy groups -OCH3 is 2. The maximum Gasteiger partial charge on any atom is 0.146 e. The molecule has 0 aliphatic carbocycles. The average Bonchev–Trinajstić information content (AvgIpc) is 2.72. The van der Waals surface area contributed by atoms with E-state index in [-0.39, 0.29) is 0 Å². The molecule has 0 bridgehead atoms. The van der Waals surface area contributed by atoms with Crippen LogP contribution in [0, 0.1) is 0 Å². The summed E-state index contributed by atoms with van der Waals surface area (Å²) in [4.78, 5) is 0. The predicted molar refractivity (Wildman–Crippen MR) is 73.4 cm³/mol. The summed E-state index contributed by atoms with van der Waals surface area (Å²) in [7, 11) is 5.38. The van der Waals surface area contributed by atoms with Crippen molar-refractivity contribution in [2.24, 2.45) is 12.8 Å². The first-order valence-corrected chi connectivity index (χ1v) is 6.11. The van der Waals surface area contributed by atoms with E-state index >= 15 is 0 Å². The summed E-state index contributed by atoms with van der Waals surface area (Å²) >= 11 is 0. The minimum atomic E-state index is 0.706. The fourth-order valence-corrected chi connectivity index (χ4v) is 2.32. The van der Waals surface area contributed by atoms with Crippen molar-refractivity contribution in [2.45, 2.75) is 12.8 Å². The van der Waals surface area contributed by atoms with Crippen LogP contribution in [0.25, 0.3) is 10.9 Å². The highest BCUT2D eigenvalue weighted by molar-refractivity contribution is 5.90. The number of fused-ring (bicyclic) bond motifs is 1. The Morgan fingerprint density at radius 2 is 2.00 bits per heavy atom. The molecule has 0 amide bonds. The maximum atomic E-state index is 5.58. The van der Waals surface area contributed by atoms with Crippen molar-refractivity contribution in [1.82, 2.24) is 4.57 Å². The first-order chi connectivity index (χ1) is 8.71. The van der Waals surface area contributed by atoms with Crippen LogP contribution in [-0.4, -0.2) is 25.3 Å². The Balaban J connectivity index is 2.60. The molecule has 2 N–H and O–H groups in total. The lowest BCUT2D eigenvalue weighted by Crippen LogP contribution is -1.99. The number of aromatic nitrogens is 1. The van der Waals surface area contributed by atoms with E-state index < -0.39 is 0 Å². The summed E-state index contributed by atoms with van der Waals surface area (Å²) in [5.41, 5.74) is 7.97. The highest BCUT2D eigenvalue weighted by Crippen LogP contribution is 2.34. The van der Waals surface area contributed by atoms with Gasteiger partial charge in [0.15, 0.2) is 0 Å². The van der Waals surface area contributed by atoms with E-state index in [1.165, 1.54) is 10.9 Å². The van der Waals surface area contributed by atoms with Gasteiger partial charge < -0.3 is 19.8 Å². The number of aryl methyl sites for hydroxylation is 2. The van der Waals surface area contributed by atoms with Crippen LogP contribution in [0.4, 0.5) is 0 Å². The van der Waals surface area contributed by atoms with E-state index in [1.54, 1.807) is 14.2 Å². The van der Waals surface area contributed by atoms with E-state index in [9.17, 15) is 0 Å². The van der Waals surface area contributed by atoms with Crippen LogP contribution in [0.5, 0.6) is 11.5 Å². The van der Waals surface area contributed by atoms with E-state index in [1.807, 2.05) is 13.1 Å². The van der Waals surface area contributed by atoms with Gasteiger partial charge in [-0.15, -0.1) is 0 Å². The number of hydrogen-bond donors (Lipinski definition) is 1. The molecule has 0 radical (unpaired) electrons. The molecule has 0 aliphatic heterocycles. The molecule has 0 saturated carbocycles. The molecule has 0 atom stereocenters. The van der Waals surface area contributed by atoms with Gasteiger partial charge in [0.1, 0.15) is 11.5 Å². The van der Waals surface area contributed by atoms with Crippen LogP contribution >= 0.6 is 0 Å². The largest absolute Gasteiger partial charge is 0.497 e. The minimum absolute atomic E-state index is 0.706. The molecule has 0 aliphatic rings. The van der Waals surface area contributed by atoms with Crippen LogP contribution < -0.4 is 15.2 Å². The predicted octanol–water partition coefficient (Wildman–Crippen LogP) is 2.09. The second-order valence-electron chi connectivity index (χ2n) is 4.38. The Labute approximate surface area is 107 Å². The number of benzene rings is 1. The molecule has 0 fully saturated rings. The summed E-state index contributed by atoms with van der Waals surface area (Å²) < 4.78 is 12.9. The molecule has 2 aromatic rings. The number of hydrogen-bond acceptors (Lipinski definition) is 3. The fourth-order valence-electron chi connectivity index (χ4n) is 2.32. The Hall–Kier alpha value is -1.68. The van der Waals surface area contributed by atoms with Gasteiger partial charge in [0.05, 0.1) is 19.7 Å². The van der Waals surface area contributed by atoms with Crippen LogP contribution in [0.2, 0.25) is 0 Å². The summed E-state index contributed by atoms with van der Waals surface area (Å²) in [6.07, 6.45) is 4.10. The molecule has 4 heteroatoms. The summed E-state index contributed by atoms with van der Waals surface area (Å²) in [6.45, 7) is 0.706. The molecular formula is C14H20N2O2. The lowest BCUT2D eigenvalue weighted by molar-refractivity contribution is 0.397. The Morgan fingerprint density at radius 3 is 2.61 bits per heavy atom. The monoisotopic (exact) mass is 248 g/mol. The SMILES string of the molecule is COc1cc(OC)c2c(c1)c(CCCN)cn2C. The molecule has 18 heavy (non-hydrogen) atoms. The van der Waals surface area contributed by atoms with Gasteiger partial charge in [-0.25, -0.2) is 0 Å². The molecule has 0 unspecified atom stereocenters. The van der Waals surface area contributed by atoms with Gasteiger partial charge >= 0.3 is 0 Å². The van der Waals surface area contributed by atoms with E-state index in [0.29, 0.717) is 6.54 Å². The summed E-state index contributed by atoms with van der Waals surface area (Å²) in [5, 5.41) is 1.18. The number of rotatable bonds is 5. The van der Waals surface area contributed by atoms with Gasteiger partial charge in [-0.1, -0.05) is 0 Å².